The zero-order valence-electron chi connectivity index (χ0n) is 16.6. The summed E-state index contributed by atoms with van der Waals surface area (Å²) in [6.45, 7) is 4.74. The second-order valence-electron chi connectivity index (χ2n) is 7.14. The number of nitrogens with zero attached hydrogens (tertiary/aromatic N) is 3. The van der Waals surface area contributed by atoms with Crippen LogP contribution in [0.4, 0.5) is 0 Å². The molecule has 0 spiro atoms. The van der Waals surface area contributed by atoms with Gasteiger partial charge < -0.3 is 4.98 Å². The number of para-hydroxylation sites is 3. The molecule has 4 rings (SSSR count). The molecule has 0 saturated heterocycles. The standard InChI is InChI=1S/C22H24N4O2S/c1-3-15(2)26-20(27)16-9-4-5-10-17(16)24-22(26)29-14-8-13-25-19-12-7-6-11-18(19)23-21(25)28/h4-7,9-12,15H,3,8,13-14H2,1-2H3,(H,23,28). The van der Waals surface area contributed by atoms with Crippen LogP contribution in [0.3, 0.4) is 0 Å². The maximum Gasteiger partial charge on any atom is 0.326 e. The van der Waals surface area contributed by atoms with Gasteiger partial charge in [-0.25, -0.2) is 9.78 Å². The van der Waals surface area contributed by atoms with E-state index in [2.05, 4.69) is 11.9 Å². The van der Waals surface area contributed by atoms with Gasteiger partial charge in [-0.1, -0.05) is 43.0 Å². The molecule has 29 heavy (non-hydrogen) atoms. The zero-order valence-corrected chi connectivity index (χ0v) is 17.4. The first kappa shape index (κ1) is 19.5. The summed E-state index contributed by atoms with van der Waals surface area (Å²) in [5.41, 5.74) is 2.43. The van der Waals surface area contributed by atoms with Crippen LogP contribution in [0.1, 0.15) is 32.7 Å². The molecule has 0 fully saturated rings. The van der Waals surface area contributed by atoms with Gasteiger partial charge in [0.2, 0.25) is 0 Å². The summed E-state index contributed by atoms with van der Waals surface area (Å²) in [5.74, 6) is 0.771. The van der Waals surface area contributed by atoms with E-state index >= 15 is 0 Å². The number of rotatable bonds is 7. The summed E-state index contributed by atoms with van der Waals surface area (Å²) >= 11 is 1.58. The number of aromatic amines is 1. The van der Waals surface area contributed by atoms with Crippen molar-refractivity contribution in [1.29, 1.82) is 0 Å². The molecular formula is C22H24N4O2S. The number of hydrogen-bond donors (Lipinski definition) is 1. The van der Waals surface area contributed by atoms with Gasteiger partial charge in [0.05, 0.1) is 21.9 Å². The topological polar surface area (TPSA) is 72.7 Å². The molecule has 150 valence electrons. The van der Waals surface area contributed by atoms with Gasteiger partial charge >= 0.3 is 5.69 Å². The lowest BCUT2D eigenvalue weighted by Crippen LogP contribution is -2.26. The summed E-state index contributed by atoms with van der Waals surface area (Å²) in [4.78, 5) is 32.9. The Hall–Kier alpha value is -2.80. The third kappa shape index (κ3) is 3.74. The zero-order chi connectivity index (χ0) is 20.4. The Morgan fingerprint density at radius 1 is 1.10 bits per heavy atom. The lowest BCUT2D eigenvalue weighted by atomic mass is 10.2. The number of hydrogen-bond acceptors (Lipinski definition) is 4. The Bertz CT molecular complexity index is 1270. The Balaban J connectivity index is 1.55. The smallest absolute Gasteiger partial charge is 0.306 e. The molecule has 7 heteroatoms. The Kier molecular flexibility index (Phi) is 5.58. The van der Waals surface area contributed by atoms with Gasteiger partial charge in [0.1, 0.15) is 0 Å². The fraction of sp³-hybridized carbons (Fsp3) is 0.318. The van der Waals surface area contributed by atoms with Crippen molar-refractivity contribution >= 4 is 33.7 Å². The van der Waals surface area contributed by atoms with Crippen LogP contribution < -0.4 is 11.2 Å². The average Bonchev–Trinajstić information content (AvgIpc) is 3.06. The van der Waals surface area contributed by atoms with Crippen molar-refractivity contribution in [3.8, 4) is 0 Å². The molecule has 0 saturated carbocycles. The van der Waals surface area contributed by atoms with E-state index in [4.69, 9.17) is 4.98 Å². The summed E-state index contributed by atoms with van der Waals surface area (Å²) in [5, 5.41) is 1.40. The summed E-state index contributed by atoms with van der Waals surface area (Å²) < 4.78 is 3.58. The summed E-state index contributed by atoms with van der Waals surface area (Å²) in [7, 11) is 0. The van der Waals surface area contributed by atoms with E-state index in [0.717, 1.165) is 40.3 Å². The average molecular weight is 409 g/mol. The third-order valence-electron chi connectivity index (χ3n) is 5.25. The molecule has 1 atom stereocenters. The molecule has 2 aromatic heterocycles. The van der Waals surface area contributed by atoms with Crippen LogP contribution in [0.5, 0.6) is 0 Å². The number of thioether (sulfide) groups is 1. The molecule has 4 aromatic rings. The van der Waals surface area contributed by atoms with E-state index in [1.54, 1.807) is 16.3 Å². The first-order valence-electron chi connectivity index (χ1n) is 9.91. The number of fused-ring (bicyclic) bond motifs is 2. The molecule has 6 nitrogen and oxygen atoms in total. The van der Waals surface area contributed by atoms with Gasteiger partial charge in [0.25, 0.3) is 5.56 Å². The molecule has 0 aliphatic heterocycles. The van der Waals surface area contributed by atoms with Gasteiger partial charge in [-0.3, -0.25) is 13.9 Å². The van der Waals surface area contributed by atoms with E-state index in [9.17, 15) is 9.59 Å². The highest BCUT2D eigenvalue weighted by Crippen LogP contribution is 2.23. The molecular weight excluding hydrogens is 384 g/mol. The maximum atomic E-state index is 13.0. The minimum atomic E-state index is -0.0865. The minimum absolute atomic E-state index is 0.0142. The highest BCUT2D eigenvalue weighted by molar-refractivity contribution is 7.99. The predicted molar refractivity (Wildman–Crippen MR) is 119 cm³/mol. The van der Waals surface area contributed by atoms with Crippen molar-refractivity contribution in [2.45, 2.75) is 44.4 Å². The van der Waals surface area contributed by atoms with E-state index in [0.29, 0.717) is 11.9 Å². The quantitative estimate of drug-likeness (QED) is 0.283. The largest absolute Gasteiger partial charge is 0.326 e. The molecule has 0 bridgehead atoms. The molecule has 1 N–H and O–H groups in total. The van der Waals surface area contributed by atoms with Gasteiger partial charge in [-0.05, 0) is 44.0 Å². The predicted octanol–water partition coefficient (Wildman–Crippen LogP) is 4.19. The second kappa shape index (κ2) is 8.29. The van der Waals surface area contributed by atoms with Crippen LogP contribution in [0, 0.1) is 0 Å². The van der Waals surface area contributed by atoms with Gasteiger partial charge in [0.15, 0.2) is 5.16 Å². The van der Waals surface area contributed by atoms with Crippen molar-refractivity contribution in [3.05, 3.63) is 69.4 Å². The van der Waals surface area contributed by atoms with Crippen LogP contribution >= 0.6 is 11.8 Å². The van der Waals surface area contributed by atoms with E-state index in [1.807, 2.05) is 60.0 Å². The first-order valence-corrected chi connectivity index (χ1v) is 10.9. The fourth-order valence-electron chi connectivity index (χ4n) is 3.51. The highest BCUT2D eigenvalue weighted by Gasteiger charge is 2.15. The Morgan fingerprint density at radius 3 is 2.69 bits per heavy atom. The van der Waals surface area contributed by atoms with Crippen LogP contribution in [-0.4, -0.2) is 24.9 Å². The Labute approximate surface area is 172 Å². The van der Waals surface area contributed by atoms with Crippen LogP contribution in [-0.2, 0) is 6.54 Å². The number of nitrogens with one attached hydrogen (secondary N) is 1. The van der Waals surface area contributed by atoms with Crippen LogP contribution in [0.2, 0.25) is 0 Å². The SMILES string of the molecule is CCC(C)n1c(SCCCn2c(=O)[nH]c3ccccc32)nc2ccccc2c1=O. The molecule has 2 aromatic carbocycles. The summed E-state index contributed by atoms with van der Waals surface area (Å²) in [6.07, 6.45) is 1.66. The van der Waals surface area contributed by atoms with E-state index in [-0.39, 0.29) is 17.3 Å². The molecule has 2 heterocycles. The minimum Gasteiger partial charge on any atom is -0.306 e. The fourth-order valence-corrected chi connectivity index (χ4v) is 4.53. The number of aromatic nitrogens is 4. The summed E-state index contributed by atoms with van der Waals surface area (Å²) in [6, 6.07) is 15.3. The van der Waals surface area contributed by atoms with Crippen molar-refractivity contribution in [1.82, 2.24) is 19.1 Å². The van der Waals surface area contributed by atoms with Gasteiger partial charge in [-0.2, -0.15) is 0 Å². The number of benzene rings is 2. The normalized spacial score (nSPS) is 12.6. The van der Waals surface area contributed by atoms with Crippen molar-refractivity contribution in [3.63, 3.8) is 0 Å². The molecule has 0 radical (unpaired) electrons. The van der Waals surface area contributed by atoms with E-state index in [1.165, 1.54) is 0 Å². The number of H-pyrrole nitrogens is 1. The lowest BCUT2D eigenvalue weighted by molar-refractivity contribution is 0.468. The van der Waals surface area contributed by atoms with Crippen molar-refractivity contribution < 1.29 is 0 Å². The maximum absolute atomic E-state index is 13.0. The van der Waals surface area contributed by atoms with Crippen LogP contribution in [0.25, 0.3) is 21.9 Å². The van der Waals surface area contributed by atoms with Crippen molar-refractivity contribution in [2.24, 2.45) is 0 Å². The number of aryl methyl sites for hydroxylation is 1. The third-order valence-corrected chi connectivity index (χ3v) is 6.28. The van der Waals surface area contributed by atoms with Crippen molar-refractivity contribution in [2.75, 3.05) is 5.75 Å². The van der Waals surface area contributed by atoms with Gasteiger partial charge in [-0.15, -0.1) is 0 Å². The highest BCUT2D eigenvalue weighted by atomic mass is 32.2. The number of imidazole rings is 1. The lowest BCUT2D eigenvalue weighted by Gasteiger charge is -2.18. The molecule has 0 aliphatic rings. The first-order chi connectivity index (χ1) is 14.1. The van der Waals surface area contributed by atoms with Gasteiger partial charge in [0, 0.05) is 18.3 Å². The second-order valence-corrected chi connectivity index (χ2v) is 8.21. The van der Waals surface area contributed by atoms with Crippen LogP contribution in [0.15, 0.2) is 63.3 Å². The molecule has 0 amide bonds. The molecule has 0 aliphatic carbocycles. The molecule has 1 unspecified atom stereocenters. The Morgan fingerprint density at radius 2 is 1.86 bits per heavy atom. The van der Waals surface area contributed by atoms with E-state index < -0.39 is 0 Å². The monoisotopic (exact) mass is 408 g/mol.